The Morgan fingerprint density at radius 2 is 1.40 bits per heavy atom. The first-order valence-electron chi connectivity index (χ1n) is 4.82. The Kier molecular flexibility index (Phi) is 10.9. The van der Waals surface area contributed by atoms with Crippen LogP contribution in [0.1, 0.15) is 0 Å². The van der Waals surface area contributed by atoms with Gasteiger partial charge in [-0.15, -0.1) is 0 Å². The van der Waals surface area contributed by atoms with E-state index in [4.69, 9.17) is 30.1 Å². The van der Waals surface area contributed by atoms with Crippen LogP contribution in [0, 0.1) is 5.41 Å². The highest BCUT2D eigenvalue weighted by atomic mass is 16.6. The van der Waals surface area contributed by atoms with Crippen LogP contribution in [0.25, 0.3) is 0 Å². The molecule has 0 amide bonds. The van der Waals surface area contributed by atoms with Gasteiger partial charge in [0.2, 0.25) is 0 Å². The first kappa shape index (κ1) is 14.3. The number of amidine groups is 1. The molecule has 0 heterocycles. The summed E-state index contributed by atoms with van der Waals surface area (Å²) in [7, 11) is 1.63. The van der Waals surface area contributed by atoms with Crippen LogP contribution in [0.4, 0.5) is 0 Å². The van der Waals surface area contributed by atoms with E-state index in [1.165, 1.54) is 0 Å². The van der Waals surface area contributed by atoms with Crippen molar-refractivity contribution < 1.29 is 18.9 Å². The van der Waals surface area contributed by atoms with Gasteiger partial charge in [-0.25, -0.2) is 0 Å². The van der Waals surface area contributed by atoms with E-state index in [1.807, 2.05) is 0 Å². The molecule has 0 aliphatic heterocycles. The Morgan fingerprint density at radius 1 is 0.933 bits per heavy atom. The van der Waals surface area contributed by atoms with Crippen molar-refractivity contribution >= 4 is 5.84 Å². The minimum absolute atomic E-state index is 0.0258. The molecular formula is C9H20N2O4. The van der Waals surface area contributed by atoms with E-state index in [0.717, 1.165) is 0 Å². The topological polar surface area (TPSA) is 86.8 Å². The lowest BCUT2D eigenvalue weighted by Crippen LogP contribution is -2.19. The molecule has 90 valence electrons. The molecule has 0 spiro atoms. The lowest BCUT2D eigenvalue weighted by molar-refractivity contribution is 0.00800. The third kappa shape index (κ3) is 13.3. The van der Waals surface area contributed by atoms with Crippen LogP contribution in [0.3, 0.4) is 0 Å². The van der Waals surface area contributed by atoms with Gasteiger partial charge in [-0.1, -0.05) is 0 Å². The Balaban J connectivity index is 2.89. The number of methoxy groups -OCH3 is 1. The number of nitrogens with one attached hydrogen (secondary N) is 1. The van der Waals surface area contributed by atoms with Gasteiger partial charge in [0.05, 0.1) is 39.6 Å². The molecule has 3 N–H and O–H groups in total. The van der Waals surface area contributed by atoms with Gasteiger partial charge >= 0.3 is 0 Å². The summed E-state index contributed by atoms with van der Waals surface area (Å²) in [6.45, 7) is 3.36. The molecule has 0 saturated carbocycles. The summed E-state index contributed by atoms with van der Waals surface area (Å²) in [6.07, 6.45) is 0. The van der Waals surface area contributed by atoms with Gasteiger partial charge in [-0.3, -0.25) is 5.41 Å². The Bertz CT molecular complexity index is 155. The predicted molar refractivity (Wildman–Crippen MR) is 56.2 cm³/mol. The Morgan fingerprint density at radius 3 is 1.87 bits per heavy atom. The normalized spacial score (nSPS) is 10.5. The number of hydrogen-bond donors (Lipinski definition) is 2. The van der Waals surface area contributed by atoms with Gasteiger partial charge in [0.25, 0.3) is 0 Å². The van der Waals surface area contributed by atoms with Crippen molar-refractivity contribution in [3.05, 3.63) is 0 Å². The van der Waals surface area contributed by atoms with Gasteiger partial charge in [0, 0.05) is 7.11 Å². The van der Waals surface area contributed by atoms with Crippen molar-refractivity contribution in [2.24, 2.45) is 5.73 Å². The van der Waals surface area contributed by atoms with Gasteiger partial charge in [-0.2, -0.15) is 0 Å². The Labute approximate surface area is 90.1 Å². The zero-order valence-electron chi connectivity index (χ0n) is 9.16. The molecule has 0 atom stereocenters. The van der Waals surface area contributed by atoms with E-state index in [0.29, 0.717) is 39.6 Å². The molecule has 0 radical (unpaired) electrons. The van der Waals surface area contributed by atoms with E-state index < -0.39 is 0 Å². The number of hydrogen-bond acceptors (Lipinski definition) is 5. The maximum atomic E-state index is 6.89. The average Bonchev–Trinajstić information content (AvgIpc) is 2.20. The SMILES string of the molecule is COCCOCCOCCOCC(=N)N. The fourth-order valence-corrected chi connectivity index (χ4v) is 0.764. The monoisotopic (exact) mass is 220 g/mol. The van der Waals surface area contributed by atoms with Crippen LogP contribution in [-0.4, -0.2) is 59.2 Å². The molecular weight excluding hydrogens is 200 g/mol. The second-order valence-electron chi connectivity index (χ2n) is 2.80. The number of ether oxygens (including phenoxy) is 4. The third-order valence-electron chi connectivity index (χ3n) is 1.43. The third-order valence-corrected chi connectivity index (χ3v) is 1.43. The fraction of sp³-hybridized carbons (Fsp3) is 0.889. The summed E-state index contributed by atoms with van der Waals surface area (Å²) in [5.41, 5.74) is 5.09. The molecule has 6 heteroatoms. The molecule has 0 aliphatic rings. The minimum Gasteiger partial charge on any atom is -0.386 e. The lowest BCUT2D eigenvalue weighted by Gasteiger charge is -2.05. The molecule has 6 nitrogen and oxygen atoms in total. The summed E-state index contributed by atoms with van der Waals surface area (Å²) in [5.74, 6) is 0.0258. The van der Waals surface area contributed by atoms with Crippen LogP contribution in [-0.2, 0) is 18.9 Å². The van der Waals surface area contributed by atoms with Crippen LogP contribution in [0.5, 0.6) is 0 Å². The zero-order valence-corrected chi connectivity index (χ0v) is 9.16. The fourth-order valence-electron chi connectivity index (χ4n) is 0.764. The van der Waals surface area contributed by atoms with Gasteiger partial charge in [-0.05, 0) is 0 Å². The second kappa shape index (κ2) is 11.4. The van der Waals surface area contributed by atoms with Gasteiger partial charge in [0.1, 0.15) is 12.4 Å². The highest BCUT2D eigenvalue weighted by Gasteiger charge is 1.92. The Hall–Kier alpha value is -0.690. The first-order chi connectivity index (χ1) is 7.27. The minimum atomic E-state index is 0.0258. The molecule has 15 heavy (non-hydrogen) atoms. The van der Waals surface area contributed by atoms with Crippen LogP contribution in [0.2, 0.25) is 0 Å². The summed E-state index contributed by atoms with van der Waals surface area (Å²) in [6, 6.07) is 0. The van der Waals surface area contributed by atoms with Gasteiger partial charge in [0.15, 0.2) is 0 Å². The van der Waals surface area contributed by atoms with E-state index >= 15 is 0 Å². The molecule has 0 fully saturated rings. The quantitative estimate of drug-likeness (QED) is 0.281. The molecule has 0 aromatic rings. The first-order valence-corrected chi connectivity index (χ1v) is 4.82. The standard InChI is InChI=1S/C9H20N2O4/c1-12-2-3-13-4-5-14-6-7-15-8-9(10)11/h2-8H2,1H3,(H3,10,11). The highest BCUT2D eigenvalue weighted by molar-refractivity contribution is 5.78. The molecule has 0 rings (SSSR count). The van der Waals surface area contributed by atoms with Crippen LogP contribution >= 0.6 is 0 Å². The summed E-state index contributed by atoms with van der Waals surface area (Å²) >= 11 is 0. The smallest absolute Gasteiger partial charge is 0.117 e. The summed E-state index contributed by atoms with van der Waals surface area (Å²) in [4.78, 5) is 0. The average molecular weight is 220 g/mol. The molecule has 0 unspecified atom stereocenters. The number of nitrogens with two attached hydrogens (primary N) is 1. The molecule has 0 bridgehead atoms. The van der Waals surface area contributed by atoms with Crippen molar-refractivity contribution in [3.63, 3.8) is 0 Å². The lowest BCUT2D eigenvalue weighted by atomic mass is 10.6. The van der Waals surface area contributed by atoms with E-state index in [-0.39, 0.29) is 12.4 Å². The number of rotatable bonds is 11. The van der Waals surface area contributed by atoms with Crippen molar-refractivity contribution in [1.82, 2.24) is 0 Å². The molecule has 0 aromatic heterocycles. The largest absolute Gasteiger partial charge is 0.386 e. The van der Waals surface area contributed by atoms with E-state index in [9.17, 15) is 0 Å². The van der Waals surface area contributed by atoms with Crippen LogP contribution < -0.4 is 5.73 Å². The molecule has 0 saturated heterocycles. The van der Waals surface area contributed by atoms with Gasteiger partial charge < -0.3 is 24.7 Å². The maximum Gasteiger partial charge on any atom is 0.117 e. The van der Waals surface area contributed by atoms with E-state index in [2.05, 4.69) is 0 Å². The van der Waals surface area contributed by atoms with Crippen LogP contribution in [0.15, 0.2) is 0 Å². The summed E-state index contributed by atoms with van der Waals surface area (Å²) in [5, 5.41) is 6.89. The van der Waals surface area contributed by atoms with Crippen molar-refractivity contribution in [3.8, 4) is 0 Å². The predicted octanol–water partition coefficient (Wildman–Crippen LogP) is -0.381. The maximum absolute atomic E-state index is 6.89. The van der Waals surface area contributed by atoms with Crippen molar-refractivity contribution in [2.75, 3.05) is 53.4 Å². The second-order valence-corrected chi connectivity index (χ2v) is 2.80. The van der Waals surface area contributed by atoms with Crippen molar-refractivity contribution in [1.29, 1.82) is 5.41 Å². The van der Waals surface area contributed by atoms with E-state index in [1.54, 1.807) is 7.11 Å². The summed E-state index contributed by atoms with van der Waals surface area (Å²) < 4.78 is 20.2. The molecule has 0 aromatic carbocycles. The molecule has 0 aliphatic carbocycles. The van der Waals surface area contributed by atoms with Crippen molar-refractivity contribution in [2.45, 2.75) is 0 Å². The zero-order chi connectivity index (χ0) is 11.4. The highest BCUT2D eigenvalue weighted by Crippen LogP contribution is 1.81.